The predicted molar refractivity (Wildman–Crippen MR) is 139 cm³/mol. The molecule has 5 N–H and O–H groups in total. The van der Waals surface area contributed by atoms with Crippen molar-refractivity contribution in [1.82, 2.24) is 4.90 Å². The number of carbonyl (C=O) groups excluding carboxylic acids is 2. The van der Waals surface area contributed by atoms with Crippen LogP contribution in [0.1, 0.15) is 81.8 Å². The minimum Gasteiger partial charge on any atom is -0.507 e. The van der Waals surface area contributed by atoms with Crippen LogP contribution in [-0.4, -0.2) is 92.8 Å². The van der Waals surface area contributed by atoms with Crippen molar-refractivity contribution in [1.29, 1.82) is 0 Å². The molecule has 1 saturated heterocycles. The molecule has 11 heteroatoms. The van der Waals surface area contributed by atoms with Gasteiger partial charge in [0.15, 0.2) is 5.78 Å². The molecule has 7 atom stereocenters. The molecule has 1 fully saturated rings. The van der Waals surface area contributed by atoms with Crippen LogP contribution >= 0.6 is 0 Å². The van der Waals surface area contributed by atoms with Crippen LogP contribution in [-0.2, 0) is 21.5 Å². The molecule has 214 valence electrons. The SMILES string of the molecule is CCO[C@@H]1C[C@](C)(O)Cc2cc3c(c(O)c21)C(=O)c1c(O)cc2c(c1C3=O)O[C@@H]1O[C@@]2(C)[C@H](O)[C@@H](N(C)C)[C@@H]1O. The van der Waals surface area contributed by atoms with Gasteiger partial charge in [-0.2, -0.15) is 0 Å². The Morgan fingerprint density at radius 2 is 1.77 bits per heavy atom. The zero-order chi connectivity index (χ0) is 29.0. The highest BCUT2D eigenvalue weighted by atomic mass is 16.7. The van der Waals surface area contributed by atoms with Crippen LogP contribution in [0.2, 0.25) is 0 Å². The second-order valence-corrected chi connectivity index (χ2v) is 11.8. The molecule has 0 amide bonds. The normalized spacial score (nSPS) is 34.1. The monoisotopic (exact) mass is 555 g/mol. The molecule has 2 aliphatic heterocycles. The molecular formula is C29H33NO10. The second kappa shape index (κ2) is 8.72. The Morgan fingerprint density at radius 1 is 1.07 bits per heavy atom. The number of aliphatic hydroxyl groups is 3. The van der Waals surface area contributed by atoms with Gasteiger partial charge in [-0.3, -0.25) is 9.59 Å². The molecule has 40 heavy (non-hydrogen) atoms. The highest BCUT2D eigenvalue weighted by molar-refractivity contribution is 6.31. The van der Waals surface area contributed by atoms with Crippen molar-refractivity contribution in [3.8, 4) is 17.2 Å². The maximum Gasteiger partial charge on any atom is 0.228 e. The Kier molecular flexibility index (Phi) is 5.91. The van der Waals surface area contributed by atoms with E-state index in [1.165, 1.54) is 12.1 Å². The first-order chi connectivity index (χ1) is 18.7. The van der Waals surface area contributed by atoms with Gasteiger partial charge >= 0.3 is 0 Å². The summed E-state index contributed by atoms with van der Waals surface area (Å²) in [5.74, 6) is -2.51. The molecule has 2 heterocycles. The average Bonchev–Trinajstić information content (AvgIpc) is 2.85. The number of benzene rings is 2. The van der Waals surface area contributed by atoms with Crippen molar-refractivity contribution in [2.24, 2.45) is 0 Å². The van der Waals surface area contributed by atoms with Crippen LogP contribution in [0, 0.1) is 0 Å². The zero-order valence-corrected chi connectivity index (χ0v) is 22.9. The summed E-state index contributed by atoms with van der Waals surface area (Å²) in [5.41, 5.74) is -2.67. The van der Waals surface area contributed by atoms with E-state index >= 15 is 0 Å². The van der Waals surface area contributed by atoms with Gasteiger partial charge in [0.25, 0.3) is 0 Å². The van der Waals surface area contributed by atoms with Crippen LogP contribution in [0.25, 0.3) is 0 Å². The van der Waals surface area contributed by atoms with Crippen LogP contribution in [0.5, 0.6) is 17.2 Å². The number of nitrogens with zero attached hydrogens (tertiary/aromatic N) is 1. The Labute approximate surface area is 230 Å². The molecule has 0 spiro atoms. The molecule has 2 aliphatic carbocycles. The van der Waals surface area contributed by atoms with Gasteiger partial charge in [-0.15, -0.1) is 0 Å². The van der Waals surface area contributed by atoms with Gasteiger partial charge in [-0.05, 0) is 52.6 Å². The first-order valence-corrected chi connectivity index (χ1v) is 13.3. The summed E-state index contributed by atoms with van der Waals surface area (Å²) in [4.78, 5) is 29.7. The molecule has 4 aliphatic rings. The van der Waals surface area contributed by atoms with Crippen LogP contribution in [0.4, 0.5) is 0 Å². The lowest BCUT2D eigenvalue weighted by atomic mass is 9.72. The van der Waals surface area contributed by atoms with E-state index in [0.717, 1.165) is 0 Å². The minimum atomic E-state index is -1.50. The van der Waals surface area contributed by atoms with Crippen molar-refractivity contribution in [2.75, 3.05) is 20.7 Å². The molecule has 2 bridgehead atoms. The molecule has 0 unspecified atom stereocenters. The van der Waals surface area contributed by atoms with Gasteiger partial charge < -0.3 is 44.6 Å². The number of hydrogen-bond donors (Lipinski definition) is 5. The fourth-order valence-electron chi connectivity index (χ4n) is 6.90. The minimum absolute atomic E-state index is 0.0812. The number of aromatic hydroxyl groups is 2. The van der Waals surface area contributed by atoms with Crippen LogP contribution in [0.15, 0.2) is 12.1 Å². The number of ether oxygens (including phenoxy) is 3. The van der Waals surface area contributed by atoms with E-state index in [1.54, 1.807) is 39.8 Å². The molecule has 0 saturated carbocycles. The number of phenols is 2. The van der Waals surface area contributed by atoms with Gasteiger partial charge in [0.2, 0.25) is 12.1 Å². The zero-order valence-electron chi connectivity index (χ0n) is 22.9. The molecule has 2 aromatic rings. The van der Waals surface area contributed by atoms with E-state index in [1.807, 2.05) is 0 Å². The van der Waals surface area contributed by atoms with E-state index in [0.29, 0.717) is 17.7 Å². The van der Waals surface area contributed by atoms with E-state index < -0.39 is 64.9 Å². The number of phenolic OH excluding ortho intramolecular Hbond substituents is 2. The number of carbonyl (C=O) groups is 2. The van der Waals surface area contributed by atoms with Gasteiger partial charge in [-0.25, -0.2) is 0 Å². The fourth-order valence-corrected chi connectivity index (χ4v) is 6.90. The lowest BCUT2D eigenvalue weighted by Crippen LogP contribution is -2.68. The Morgan fingerprint density at radius 3 is 2.42 bits per heavy atom. The highest BCUT2D eigenvalue weighted by Gasteiger charge is 2.59. The summed E-state index contributed by atoms with van der Waals surface area (Å²) in [6.45, 7) is 5.28. The van der Waals surface area contributed by atoms with E-state index in [4.69, 9.17) is 14.2 Å². The summed E-state index contributed by atoms with van der Waals surface area (Å²) in [5, 5.41) is 55.6. The number of fused-ring (bicyclic) bond motifs is 8. The molecule has 2 aromatic carbocycles. The Hall–Kier alpha value is -3.06. The van der Waals surface area contributed by atoms with Crippen molar-refractivity contribution in [3.63, 3.8) is 0 Å². The first kappa shape index (κ1) is 27.1. The maximum absolute atomic E-state index is 14.1. The van der Waals surface area contributed by atoms with Gasteiger partial charge in [0.05, 0.1) is 34.4 Å². The number of rotatable bonds is 3. The summed E-state index contributed by atoms with van der Waals surface area (Å²) < 4.78 is 17.7. The third kappa shape index (κ3) is 3.52. The number of hydrogen-bond acceptors (Lipinski definition) is 11. The highest BCUT2D eigenvalue weighted by Crippen LogP contribution is 2.54. The number of likely N-dealkylation sites (N-methyl/N-ethyl adjacent to an activating group) is 1. The topological polar surface area (TPSA) is 166 Å². The smallest absolute Gasteiger partial charge is 0.228 e. The van der Waals surface area contributed by atoms with Crippen molar-refractivity contribution < 1.29 is 49.3 Å². The van der Waals surface area contributed by atoms with Gasteiger partial charge in [-0.1, -0.05) is 0 Å². The number of aliphatic hydroxyl groups excluding tert-OH is 2. The standard InChI is InChI=1S/C29H33NO10/c1-6-38-15-10-28(2,37)9-11-7-12-17(22(33)16(11)15)23(34)18-14(31)8-13-25(19(18)21(12)32)39-27-24(35)20(30(4)5)26(36)29(13,3)40-27/h7-8,15,20,24,26-27,31,33,35-37H,6,9-10H2,1-5H3/t15-,20+,24+,26-,27-,28-,29-/m1/s1. The lowest BCUT2D eigenvalue weighted by molar-refractivity contribution is -0.311. The fraction of sp³-hybridized carbons (Fsp3) is 0.517. The maximum atomic E-state index is 14.1. The molecule has 11 nitrogen and oxygen atoms in total. The summed E-state index contributed by atoms with van der Waals surface area (Å²) in [6, 6.07) is 1.92. The molecule has 0 aromatic heterocycles. The van der Waals surface area contributed by atoms with Crippen LogP contribution in [0.3, 0.4) is 0 Å². The van der Waals surface area contributed by atoms with E-state index in [-0.39, 0.29) is 46.4 Å². The van der Waals surface area contributed by atoms with Gasteiger partial charge in [0, 0.05) is 36.1 Å². The molecular weight excluding hydrogens is 522 g/mol. The molecule has 0 radical (unpaired) electrons. The Balaban J connectivity index is 1.57. The summed E-state index contributed by atoms with van der Waals surface area (Å²) in [6.07, 6.45) is -4.26. The average molecular weight is 556 g/mol. The number of ketones is 2. The largest absolute Gasteiger partial charge is 0.507 e. The lowest BCUT2D eigenvalue weighted by Gasteiger charge is -2.53. The van der Waals surface area contributed by atoms with Crippen LogP contribution < -0.4 is 4.74 Å². The summed E-state index contributed by atoms with van der Waals surface area (Å²) in [7, 11) is 3.37. The third-order valence-corrected chi connectivity index (χ3v) is 8.74. The summed E-state index contributed by atoms with van der Waals surface area (Å²) >= 11 is 0. The Bertz CT molecular complexity index is 1470. The first-order valence-electron chi connectivity index (χ1n) is 13.3. The second-order valence-electron chi connectivity index (χ2n) is 11.8. The van der Waals surface area contributed by atoms with Crippen molar-refractivity contribution in [3.05, 3.63) is 51.1 Å². The van der Waals surface area contributed by atoms with Gasteiger partial charge in [0.1, 0.15) is 35.1 Å². The third-order valence-electron chi connectivity index (χ3n) is 8.74. The predicted octanol–water partition coefficient (Wildman–Crippen LogP) is 1.26. The van der Waals surface area contributed by atoms with E-state index in [9.17, 15) is 35.1 Å². The molecule has 6 rings (SSSR count). The quantitative estimate of drug-likeness (QED) is 0.316. The van der Waals surface area contributed by atoms with Crippen molar-refractivity contribution in [2.45, 2.75) is 75.5 Å². The van der Waals surface area contributed by atoms with Crippen molar-refractivity contribution >= 4 is 11.6 Å². The van der Waals surface area contributed by atoms with E-state index in [2.05, 4.69) is 0 Å².